The van der Waals surface area contributed by atoms with Crippen LogP contribution >= 0.6 is 0 Å². The second-order valence-electron chi connectivity index (χ2n) is 3.92. The van der Waals surface area contributed by atoms with E-state index in [9.17, 15) is 8.42 Å². The highest BCUT2D eigenvalue weighted by Crippen LogP contribution is 2.38. The Labute approximate surface area is 73.7 Å². The van der Waals surface area contributed by atoms with Gasteiger partial charge in [0.2, 0.25) is 0 Å². The minimum absolute atomic E-state index is 0.0869. The molecule has 0 radical (unpaired) electrons. The van der Waals surface area contributed by atoms with Crippen LogP contribution in [0.4, 0.5) is 0 Å². The van der Waals surface area contributed by atoms with Crippen LogP contribution in [0.25, 0.3) is 0 Å². The molecule has 1 rings (SSSR count). The summed E-state index contributed by atoms with van der Waals surface area (Å²) in [5.41, 5.74) is 0. The molecule has 1 unspecified atom stereocenters. The van der Waals surface area contributed by atoms with Crippen LogP contribution in [0, 0.1) is 5.92 Å². The molecule has 0 aromatic rings. The van der Waals surface area contributed by atoms with Crippen LogP contribution in [0.5, 0.6) is 0 Å². The van der Waals surface area contributed by atoms with Crippen molar-refractivity contribution in [3.8, 4) is 0 Å². The lowest BCUT2D eigenvalue weighted by Crippen LogP contribution is -2.33. The second-order valence-corrected chi connectivity index (χ2v) is 6.61. The smallest absolute Gasteiger partial charge is 0.155 e. The number of aliphatic hydroxyl groups excluding tert-OH is 1. The Morgan fingerprint density at radius 2 is 2.08 bits per heavy atom. The molecule has 0 bridgehead atoms. The fourth-order valence-corrected chi connectivity index (χ4v) is 3.67. The van der Waals surface area contributed by atoms with Gasteiger partial charge in [0.05, 0.1) is 10.5 Å². The van der Waals surface area contributed by atoms with Gasteiger partial charge in [0.25, 0.3) is 0 Å². The molecule has 0 aromatic heterocycles. The van der Waals surface area contributed by atoms with Gasteiger partial charge in [0, 0.05) is 6.61 Å². The van der Waals surface area contributed by atoms with E-state index in [2.05, 4.69) is 0 Å². The number of sulfone groups is 1. The zero-order valence-corrected chi connectivity index (χ0v) is 8.39. The Balaban J connectivity index is 2.86. The van der Waals surface area contributed by atoms with Gasteiger partial charge in [-0.15, -0.1) is 0 Å². The van der Waals surface area contributed by atoms with Crippen LogP contribution in [0.2, 0.25) is 0 Å². The summed E-state index contributed by atoms with van der Waals surface area (Å²) in [6, 6.07) is 0. The van der Waals surface area contributed by atoms with Crippen molar-refractivity contribution in [3.63, 3.8) is 0 Å². The fourth-order valence-electron chi connectivity index (χ4n) is 1.81. The first kappa shape index (κ1) is 9.99. The van der Waals surface area contributed by atoms with E-state index in [4.69, 9.17) is 5.11 Å². The average molecular weight is 192 g/mol. The molecular formula is C8H16O3S. The van der Waals surface area contributed by atoms with Crippen molar-refractivity contribution >= 4 is 9.84 Å². The highest BCUT2D eigenvalue weighted by Gasteiger charge is 2.46. The van der Waals surface area contributed by atoms with Crippen LogP contribution in [0.1, 0.15) is 26.7 Å². The normalized spacial score (nSPS) is 32.1. The molecule has 1 heterocycles. The van der Waals surface area contributed by atoms with Crippen LogP contribution in [-0.2, 0) is 9.84 Å². The summed E-state index contributed by atoms with van der Waals surface area (Å²) in [6.07, 6.45) is 1.31. The molecule has 0 spiro atoms. The molecule has 72 valence electrons. The van der Waals surface area contributed by atoms with E-state index in [1.807, 2.05) is 0 Å². The Hall–Kier alpha value is -0.0900. The lowest BCUT2D eigenvalue weighted by atomic mass is 9.90. The van der Waals surface area contributed by atoms with Crippen molar-refractivity contribution in [2.24, 2.45) is 5.92 Å². The molecule has 4 heteroatoms. The van der Waals surface area contributed by atoms with Gasteiger partial charge in [-0.1, -0.05) is 0 Å². The number of hydrogen-bond donors (Lipinski definition) is 1. The van der Waals surface area contributed by atoms with Crippen molar-refractivity contribution in [1.29, 1.82) is 0 Å². The fraction of sp³-hybridized carbons (Fsp3) is 1.00. The molecule has 0 amide bonds. The van der Waals surface area contributed by atoms with Crippen LogP contribution < -0.4 is 0 Å². The highest BCUT2D eigenvalue weighted by molar-refractivity contribution is 7.93. The third kappa shape index (κ3) is 1.38. The summed E-state index contributed by atoms with van der Waals surface area (Å²) in [7, 11) is -2.91. The molecule has 12 heavy (non-hydrogen) atoms. The van der Waals surface area contributed by atoms with Gasteiger partial charge < -0.3 is 5.11 Å². The quantitative estimate of drug-likeness (QED) is 0.696. The van der Waals surface area contributed by atoms with Gasteiger partial charge in [0.15, 0.2) is 9.84 Å². The lowest BCUT2D eigenvalue weighted by molar-refractivity contribution is 0.242. The van der Waals surface area contributed by atoms with Crippen molar-refractivity contribution in [3.05, 3.63) is 0 Å². The minimum Gasteiger partial charge on any atom is -0.396 e. The van der Waals surface area contributed by atoms with Gasteiger partial charge in [0.1, 0.15) is 0 Å². The second kappa shape index (κ2) is 3.00. The third-order valence-corrected chi connectivity index (χ3v) is 5.71. The maximum absolute atomic E-state index is 11.5. The first-order valence-corrected chi connectivity index (χ1v) is 5.90. The summed E-state index contributed by atoms with van der Waals surface area (Å²) < 4.78 is 22.3. The lowest BCUT2D eigenvalue weighted by Gasteiger charge is -2.24. The molecular weight excluding hydrogens is 176 g/mol. The predicted octanol–water partition coefficient (Wildman–Crippen LogP) is 0.582. The van der Waals surface area contributed by atoms with Crippen LogP contribution in [0.15, 0.2) is 0 Å². The molecule has 1 aliphatic heterocycles. The first-order valence-electron chi connectivity index (χ1n) is 4.25. The zero-order valence-electron chi connectivity index (χ0n) is 7.58. The van der Waals surface area contributed by atoms with Gasteiger partial charge in [-0.2, -0.15) is 0 Å². The van der Waals surface area contributed by atoms with Gasteiger partial charge >= 0.3 is 0 Å². The number of rotatable bonds is 2. The molecule has 1 fully saturated rings. The van der Waals surface area contributed by atoms with Gasteiger partial charge in [-0.05, 0) is 32.6 Å². The van der Waals surface area contributed by atoms with Gasteiger partial charge in [-0.25, -0.2) is 8.42 Å². The Kier molecular flexibility index (Phi) is 2.50. The zero-order chi connectivity index (χ0) is 9.41. The van der Waals surface area contributed by atoms with E-state index in [-0.39, 0.29) is 18.3 Å². The van der Waals surface area contributed by atoms with E-state index in [0.717, 1.165) is 0 Å². The molecule has 1 atom stereocenters. The Bertz CT molecular complexity index is 253. The molecule has 3 nitrogen and oxygen atoms in total. The maximum atomic E-state index is 11.5. The summed E-state index contributed by atoms with van der Waals surface area (Å²) in [4.78, 5) is 0. The summed E-state index contributed by atoms with van der Waals surface area (Å²) >= 11 is 0. The monoisotopic (exact) mass is 192 g/mol. The van der Waals surface area contributed by atoms with E-state index in [1.165, 1.54) is 0 Å². The minimum atomic E-state index is -2.91. The summed E-state index contributed by atoms with van der Waals surface area (Å²) in [6.45, 7) is 3.61. The maximum Gasteiger partial charge on any atom is 0.155 e. The SMILES string of the molecule is CC1(C)C(CCO)CCS1(=O)=O. The van der Waals surface area contributed by atoms with Crippen LogP contribution in [-0.4, -0.2) is 30.6 Å². The number of aliphatic hydroxyl groups is 1. The molecule has 1 aliphatic rings. The van der Waals surface area contributed by atoms with E-state index in [0.29, 0.717) is 12.8 Å². The summed E-state index contributed by atoms with van der Waals surface area (Å²) in [5, 5.41) is 8.73. The molecule has 1 saturated heterocycles. The topological polar surface area (TPSA) is 54.4 Å². The van der Waals surface area contributed by atoms with Crippen molar-refractivity contribution < 1.29 is 13.5 Å². The summed E-state index contributed by atoms with van der Waals surface area (Å²) in [5.74, 6) is 0.414. The largest absolute Gasteiger partial charge is 0.396 e. The Morgan fingerprint density at radius 3 is 2.42 bits per heavy atom. The predicted molar refractivity (Wildman–Crippen MR) is 47.7 cm³/mol. The molecule has 0 saturated carbocycles. The molecule has 0 aromatic carbocycles. The molecule has 1 N–H and O–H groups in total. The van der Waals surface area contributed by atoms with Crippen molar-refractivity contribution in [2.75, 3.05) is 12.4 Å². The van der Waals surface area contributed by atoms with Gasteiger partial charge in [-0.3, -0.25) is 0 Å². The average Bonchev–Trinajstić information content (AvgIpc) is 2.13. The highest BCUT2D eigenvalue weighted by atomic mass is 32.2. The first-order chi connectivity index (χ1) is 5.42. The molecule has 0 aliphatic carbocycles. The standard InChI is InChI=1S/C8H16O3S/c1-8(2)7(3-5-9)4-6-12(8,10)11/h7,9H,3-6H2,1-2H3. The van der Waals surface area contributed by atoms with E-state index in [1.54, 1.807) is 13.8 Å². The van der Waals surface area contributed by atoms with Crippen LogP contribution in [0.3, 0.4) is 0 Å². The third-order valence-electron chi connectivity index (χ3n) is 3.00. The van der Waals surface area contributed by atoms with Crippen molar-refractivity contribution in [1.82, 2.24) is 0 Å². The Morgan fingerprint density at radius 1 is 1.50 bits per heavy atom. The van der Waals surface area contributed by atoms with E-state index < -0.39 is 14.6 Å². The van der Waals surface area contributed by atoms with E-state index >= 15 is 0 Å². The number of hydrogen-bond acceptors (Lipinski definition) is 3. The van der Waals surface area contributed by atoms with Crippen molar-refractivity contribution in [2.45, 2.75) is 31.4 Å².